The third-order valence-corrected chi connectivity index (χ3v) is 4.01. The first-order valence-corrected chi connectivity index (χ1v) is 6.91. The average molecular weight is 247 g/mol. The summed E-state index contributed by atoms with van der Waals surface area (Å²) in [5, 5.41) is 3.36. The zero-order valence-electron chi connectivity index (χ0n) is 10.9. The summed E-state index contributed by atoms with van der Waals surface area (Å²) in [7, 11) is 2.03. The van der Waals surface area contributed by atoms with E-state index in [-0.39, 0.29) is 0 Å². The maximum absolute atomic E-state index is 6.05. The summed E-state index contributed by atoms with van der Waals surface area (Å²) >= 11 is 0. The van der Waals surface area contributed by atoms with Crippen LogP contribution in [0.2, 0.25) is 0 Å². The van der Waals surface area contributed by atoms with Gasteiger partial charge in [0, 0.05) is 18.9 Å². The van der Waals surface area contributed by atoms with Gasteiger partial charge >= 0.3 is 0 Å². The second kappa shape index (κ2) is 5.29. The Kier molecular flexibility index (Phi) is 3.52. The minimum atomic E-state index is 0.332. The molecule has 3 rings (SSSR count). The van der Waals surface area contributed by atoms with Gasteiger partial charge in [0.15, 0.2) is 0 Å². The fraction of sp³-hybridized carbons (Fsp3) is 0.600. The van der Waals surface area contributed by atoms with Gasteiger partial charge in [-0.05, 0) is 43.1 Å². The van der Waals surface area contributed by atoms with E-state index < -0.39 is 0 Å². The molecule has 3 heteroatoms. The van der Waals surface area contributed by atoms with Crippen molar-refractivity contribution in [3.8, 4) is 5.75 Å². The number of fused-ring (bicyclic) bond motifs is 1. The van der Waals surface area contributed by atoms with Crippen molar-refractivity contribution in [2.24, 2.45) is 0 Å². The van der Waals surface area contributed by atoms with Gasteiger partial charge in [-0.1, -0.05) is 6.07 Å². The SMILES string of the molecule is CNC1CCc2cc(OC3CCOCC3)ccc21. The van der Waals surface area contributed by atoms with Gasteiger partial charge in [0.1, 0.15) is 11.9 Å². The van der Waals surface area contributed by atoms with E-state index in [1.807, 2.05) is 7.05 Å². The van der Waals surface area contributed by atoms with Crippen molar-refractivity contribution in [3.05, 3.63) is 29.3 Å². The van der Waals surface area contributed by atoms with Gasteiger partial charge in [-0.2, -0.15) is 0 Å². The number of hydrogen-bond acceptors (Lipinski definition) is 3. The molecule has 0 radical (unpaired) electrons. The lowest BCUT2D eigenvalue weighted by atomic mass is 10.1. The van der Waals surface area contributed by atoms with Crippen molar-refractivity contribution in [1.29, 1.82) is 0 Å². The van der Waals surface area contributed by atoms with Crippen LogP contribution in [0.4, 0.5) is 0 Å². The van der Waals surface area contributed by atoms with Crippen LogP contribution in [0.3, 0.4) is 0 Å². The van der Waals surface area contributed by atoms with Crippen molar-refractivity contribution < 1.29 is 9.47 Å². The van der Waals surface area contributed by atoms with Crippen molar-refractivity contribution >= 4 is 0 Å². The summed E-state index contributed by atoms with van der Waals surface area (Å²) in [6.07, 6.45) is 4.71. The Morgan fingerprint density at radius 1 is 1.22 bits per heavy atom. The Labute approximate surface area is 108 Å². The molecule has 2 aliphatic rings. The van der Waals surface area contributed by atoms with Crippen molar-refractivity contribution in [2.45, 2.75) is 37.8 Å². The minimum Gasteiger partial charge on any atom is -0.490 e. The Hall–Kier alpha value is -1.06. The van der Waals surface area contributed by atoms with Crippen LogP contribution in [-0.2, 0) is 11.2 Å². The van der Waals surface area contributed by atoms with Crippen LogP contribution in [-0.4, -0.2) is 26.4 Å². The first-order chi connectivity index (χ1) is 8.86. The lowest BCUT2D eigenvalue weighted by Crippen LogP contribution is -2.25. The average Bonchev–Trinajstić information content (AvgIpc) is 2.82. The van der Waals surface area contributed by atoms with Crippen LogP contribution in [0, 0.1) is 0 Å². The molecule has 1 atom stereocenters. The number of nitrogens with one attached hydrogen (secondary N) is 1. The zero-order chi connectivity index (χ0) is 12.4. The molecule has 1 saturated heterocycles. The van der Waals surface area contributed by atoms with E-state index in [4.69, 9.17) is 9.47 Å². The number of ether oxygens (including phenoxy) is 2. The highest BCUT2D eigenvalue weighted by Gasteiger charge is 2.22. The summed E-state index contributed by atoms with van der Waals surface area (Å²) in [6, 6.07) is 7.08. The fourth-order valence-corrected chi connectivity index (χ4v) is 2.95. The summed E-state index contributed by atoms with van der Waals surface area (Å²) in [4.78, 5) is 0. The Bertz CT molecular complexity index is 413. The Balaban J connectivity index is 1.70. The predicted molar refractivity (Wildman–Crippen MR) is 71.0 cm³/mol. The van der Waals surface area contributed by atoms with Crippen LogP contribution in [0.5, 0.6) is 5.75 Å². The fourth-order valence-electron chi connectivity index (χ4n) is 2.95. The number of rotatable bonds is 3. The summed E-state index contributed by atoms with van der Waals surface area (Å²) in [5.74, 6) is 1.03. The Morgan fingerprint density at radius 3 is 2.83 bits per heavy atom. The van der Waals surface area contributed by atoms with Gasteiger partial charge in [0.2, 0.25) is 0 Å². The molecule has 1 aromatic rings. The molecular formula is C15H21NO2. The highest BCUT2D eigenvalue weighted by Crippen LogP contribution is 2.33. The molecule has 98 valence electrons. The topological polar surface area (TPSA) is 30.5 Å². The molecule has 1 N–H and O–H groups in total. The quantitative estimate of drug-likeness (QED) is 0.890. The molecule has 0 aromatic heterocycles. The molecule has 18 heavy (non-hydrogen) atoms. The first kappa shape index (κ1) is 12.0. The molecule has 0 amide bonds. The standard InChI is InChI=1S/C15H21NO2/c1-16-15-5-2-11-10-13(3-4-14(11)15)18-12-6-8-17-9-7-12/h3-4,10,12,15-16H,2,5-9H2,1H3. The summed E-state index contributed by atoms with van der Waals surface area (Å²) in [5.41, 5.74) is 2.88. The number of aryl methyl sites for hydroxylation is 1. The molecule has 1 fully saturated rings. The van der Waals surface area contributed by atoms with Crippen LogP contribution >= 0.6 is 0 Å². The van der Waals surface area contributed by atoms with E-state index in [9.17, 15) is 0 Å². The van der Waals surface area contributed by atoms with Crippen LogP contribution in [0.1, 0.15) is 36.4 Å². The largest absolute Gasteiger partial charge is 0.490 e. The second-order valence-electron chi connectivity index (χ2n) is 5.17. The highest BCUT2D eigenvalue weighted by molar-refractivity contribution is 5.40. The molecule has 1 unspecified atom stereocenters. The van der Waals surface area contributed by atoms with E-state index in [2.05, 4.69) is 23.5 Å². The van der Waals surface area contributed by atoms with Crippen molar-refractivity contribution in [1.82, 2.24) is 5.32 Å². The number of benzene rings is 1. The highest BCUT2D eigenvalue weighted by atomic mass is 16.5. The zero-order valence-corrected chi connectivity index (χ0v) is 10.9. The maximum Gasteiger partial charge on any atom is 0.120 e. The normalized spacial score (nSPS) is 23.9. The van der Waals surface area contributed by atoms with E-state index >= 15 is 0 Å². The molecule has 1 aliphatic heterocycles. The van der Waals surface area contributed by atoms with Crippen LogP contribution in [0.15, 0.2) is 18.2 Å². The van der Waals surface area contributed by atoms with Crippen molar-refractivity contribution in [3.63, 3.8) is 0 Å². The van der Waals surface area contributed by atoms with Gasteiger partial charge in [-0.25, -0.2) is 0 Å². The van der Waals surface area contributed by atoms with E-state index in [0.717, 1.165) is 38.2 Å². The minimum absolute atomic E-state index is 0.332. The molecule has 0 spiro atoms. The summed E-state index contributed by atoms with van der Waals surface area (Å²) < 4.78 is 11.4. The van der Waals surface area contributed by atoms with Gasteiger partial charge in [-0.3, -0.25) is 0 Å². The predicted octanol–water partition coefficient (Wildman–Crippen LogP) is 2.45. The molecule has 0 saturated carbocycles. The van der Waals surface area contributed by atoms with Crippen LogP contribution < -0.4 is 10.1 Å². The lowest BCUT2D eigenvalue weighted by Gasteiger charge is -2.23. The third kappa shape index (κ3) is 2.38. The van der Waals surface area contributed by atoms with E-state index in [1.54, 1.807) is 0 Å². The van der Waals surface area contributed by atoms with Gasteiger partial charge in [-0.15, -0.1) is 0 Å². The maximum atomic E-state index is 6.05. The van der Waals surface area contributed by atoms with E-state index in [0.29, 0.717) is 12.1 Å². The molecule has 1 aromatic carbocycles. The Morgan fingerprint density at radius 2 is 2.06 bits per heavy atom. The molecule has 3 nitrogen and oxygen atoms in total. The second-order valence-corrected chi connectivity index (χ2v) is 5.17. The monoisotopic (exact) mass is 247 g/mol. The smallest absolute Gasteiger partial charge is 0.120 e. The van der Waals surface area contributed by atoms with Crippen LogP contribution in [0.25, 0.3) is 0 Å². The number of hydrogen-bond donors (Lipinski definition) is 1. The lowest BCUT2D eigenvalue weighted by molar-refractivity contribution is 0.0255. The van der Waals surface area contributed by atoms with Gasteiger partial charge in [0.25, 0.3) is 0 Å². The summed E-state index contributed by atoms with van der Waals surface area (Å²) in [6.45, 7) is 1.66. The third-order valence-electron chi connectivity index (χ3n) is 4.01. The molecule has 1 heterocycles. The van der Waals surface area contributed by atoms with E-state index in [1.165, 1.54) is 17.5 Å². The molecular weight excluding hydrogens is 226 g/mol. The first-order valence-electron chi connectivity index (χ1n) is 6.91. The van der Waals surface area contributed by atoms with Gasteiger partial charge in [0.05, 0.1) is 13.2 Å². The van der Waals surface area contributed by atoms with Gasteiger partial charge < -0.3 is 14.8 Å². The molecule has 0 bridgehead atoms. The molecule has 1 aliphatic carbocycles. The van der Waals surface area contributed by atoms with Crippen molar-refractivity contribution in [2.75, 3.05) is 20.3 Å².